The second kappa shape index (κ2) is 18.2. The zero-order valence-corrected chi connectivity index (χ0v) is 35.3. The van der Waals surface area contributed by atoms with E-state index < -0.39 is 88.8 Å². The van der Waals surface area contributed by atoms with Gasteiger partial charge in [0.2, 0.25) is 0 Å². The number of rotatable bonds is 5. The Kier molecular flexibility index (Phi) is 13.7. The largest absolute Gasteiger partial charge is 0.507 e. The average molecular weight is 831 g/mol. The SMILES string of the molecule is COc1ccc(N=Cc2c3c(O)c4c(O)c(C)c5c(c4c2O)C(=O)C(C)(OC=CC(OC)C(C)C(OC(C)=O)C(C)C(O)C(C)C(O)C(C)C=CC=C(C)C(=O)N3)O5)cc1. The molecule has 1 amide bonds. The van der Waals surface area contributed by atoms with E-state index in [2.05, 4.69) is 10.3 Å². The molecule has 3 aliphatic rings. The minimum Gasteiger partial charge on any atom is -0.507 e. The van der Waals surface area contributed by atoms with E-state index in [4.69, 9.17) is 23.7 Å². The molecule has 5 bridgehead atoms. The molecule has 6 N–H and O–H groups in total. The number of aliphatic imine (C=N–C) groups is 1. The predicted molar refractivity (Wildman–Crippen MR) is 224 cm³/mol. The molecule has 0 aliphatic carbocycles. The fraction of sp³-hybridized carbons (Fsp3) is 0.422. The highest BCUT2D eigenvalue weighted by Crippen LogP contribution is 2.55. The molecular weight excluding hydrogens is 776 g/mol. The van der Waals surface area contributed by atoms with E-state index in [0.717, 1.165) is 0 Å². The van der Waals surface area contributed by atoms with Gasteiger partial charge in [0, 0.05) is 67.4 Å². The number of benzene rings is 3. The summed E-state index contributed by atoms with van der Waals surface area (Å²) < 4.78 is 28.8. The quantitative estimate of drug-likeness (QED) is 0.0699. The molecule has 60 heavy (non-hydrogen) atoms. The van der Waals surface area contributed by atoms with E-state index in [0.29, 0.717) is 11.4 Å². The molecule has 0 saturated carbocycles. The first-order valence-electron chi connectivity index (χ1n) is 19.5. The summed E-state index contributed by atoms with van der Waals surface area (Å²) in [6.45, 7) is 12.4. The number of phenolic OH excluding ortho intramolecular Hbond substituents is 3. The number of methoxy groups -OCH3 is 2. The lowest BCUT2D eigenvalue weighted by molar-refractivity contribution is -0.160. The van der Waals surface area contributed by atoms with Gasteiger partial charge >= 0.3 is 11.8 Å². The van der Waals surface area contributed by atoms with Crippen molar-refractivity contribution >= 4 is 46.0 Å². The molecule has 0 spiro atoms. The van der Waals surface area contributed by atoms with E-state index >= 15 is 0 Å². The van der Waals surface area contributed by atoms with Crippen LogP contribution >= 0.6 is 0 Å². The van der Waals surface area contributed by atoms with Gasteiger partial charge in [-0.1, -0.05) is 45.9 Å². The summed E-state index contributed by atoms with van der Waals surface area (Å²) in [5.41, 5.74) is -0.141. The molecule has 0 aromatic heterocycles. The maximum Gasteiger partial charge on any atom is 0.312 e. The molecule has 9 unspecified atom stereocenters. The number of Topliss-reactive ketones (excluding diaryl/α,β-unsaturated/α-hetero) is 1. The topological polar surface area (TPSA) is 223 Å². The molecule has 0 fully saturated rings. The van der Waals surface area contributed by atoms with Gasteiger partial charge in [-0.25, -0.2) is 0 Å². The average Bonchev–Trinajstić information content (AvgIpc) is 3.49. The summed E-state index contributed by atoms with van der Waals surface area (Å²) in [6.07, 6.45) is 4.64. The van der Waals surface area contributed by atoms with Gasteiger partial charge in [0.25, 0.3) is 11.7 Å². The van der Waals surface area contributed by atoms with Crippen LogP contribution in [0.1, 0.15) is 70.0 Å². The monoisotopic (exact) mass is 830 g/mol. The van der Waals surface area contributed by atoms with Crippen molar-refractivity contribution in [1.82, 2.24) is 0 Å². The normalized spacial score (nSPS) is 27.8. The molecule has 322 valence electrons. The molecule has 9 atom stereocenters. The predicted octanol–water partition coefficient (Wildman–Crippen LogP) is 6.51. The molecular formula is C45H54N2O13. The first-order valence-corrected chi connectivity index (χ1v) is 19.5. The van der Waals surface area contributed by atoms with Crippen LogP contribution in [0, 0.1) is 30.6 Å². The number of hydrogen-bond acceptors (Lipinski definition) is 14. The number of ketones is 1. The van der Waals surface area contributed by atoms with Crippen molar-refractivity contribution < 1.29 is 63.6 Å². The Morgan fingerprint density at radius 3 is 2.18 bits per heavy atom. The molecule has 3 aromatic carbocycles. The molecule has 0 saturated heterocycles. The van der Waals surface area contributed by atoms with Crippen LogP contribution in [0.5, 0.6) is 28.7 Å². The van der Waals surface area contributed by atoms with Gasteiger partial charge < -0.3 is 54.5 Å². The van der Waals surface area contributed by atoms with E-state index in [1.54, 1.807) is 64.1 Å². The second-order valence-corrected chi connectivity index (χ2v) is 15.6. The number of esters is 1. The fourth-order valence-corrected chi connectivity index (χ4v) is 7.68. The zero-order valence-electron chi connectivity index (χ0n) is 35.3. The first-order chi connectivity index (χ1) is 28.3. The van der Waals surface area contributed by atoms with Gasteiger partial charge in [-0.3, -0.25) is 19.4 Å². The summed E-state index contributed by atoms with van der Waals surface area (Å²) in [6, 6.07) is 6.60. The summed E-state index contributed by atoms with van der Waals surface area (Å²) in [7, 11) is 2.94. The molecule has 3 aromatic rings. The van der Waals surface area contributed by atoms with Crippen molar-refractivity contribution in [2.24, 2.45) is 28.7 Å². The number of phenols is 3. The number of fused-ring (bicyclic) bond motifs is 14. The number of aliphatic hydroxyl groups excluding tert-OH is 2. The Bertz CT molecular complexity index is 2260. The van der Waals surface area contributed by atoms with Crippen LogP contribution in [0.15, 0.2) is 65.4 Å². The van der Waals surface area contributed by atoms with Crippen LogP contribution in [0.4, 0.5) is 11.4 Å². The number of anilines is 1. The number of allylic oxidation sites excluding steroid dienone is 2. The van der Waals surface area contributed by atoms with Crippen molar-refractivity contribution in [2.45, 2.75) is 85.6 Å². The Labute approximate surface area is 348 Å². The number of amides is 1. The Morgan fingerprint density at radius 2 is 1.57 bits per heavy atom. The van der Waals surface area contributed by atoms with Crippen molar-refractivity contribution in [3.8, 4) is 28.7 Å². The van der Waals surface area contributed by atoms with Crippen LogP contribution in [-0.4, -0.2) is 93.8 Å². The van der Waals surface area contributed by atoms with Gasteiger partial charge in [-0.15, -0.1) is 0 Å². The zero-order chi connectivity index (χ0) is 44.4. The third kappa shape index (κ3) is 8.69. The lowest BCUT2D eigenvalue weighted by Gasteiger charge is -2.38. The van der Waals surface area contributed by atoms with E-state index in [-0.39, 0.29) is 44.5 Å². The molecule has 3 heterocycles. The first kappa shape index (κ1) is 45.2. The van der Waals surface area contributed by atoms with E-state index in [1.807, 2.05) is 0 Å². The third-order valence-corrected chi connectivity index (χ3v) is 11.4. The third-order valence-electron chi connectivity index (χ3n) is 11.4. The van der Waals surface area contributed by atoms with Crippen LogP contribution in [0.3, 0.4) is 0 Å². The lowest BCUT2D eigenvalue weighted by Crippen LogP contribution is -2.46. The van der Waals surface area contributed by atoms with Gasteiger partial charge in [0.15, 0.2) is 5.75 Å². The van der Waals surface area contributed by atoms with Gasteiger partial charge in [-0.2, -0.15) is 0 Å². The Hall–Kier alpha value is -5.90. The van der Waals surface area contributed by atoms with Crippen LogP contribution in [0.2, 0.25) is 0 Å². The number of aliphatic hydroxyl groups is 2. The molecule has 0 radical (unpaired) electrons. The minimum absolute atomic E-state index is 0.0335. The van der Waals surface area contributed by atoms with Crippen molar-refractivity contribution in [3.05, 3.63) is 77.1 Å². The highest BCUT2D eigenvalue weighted by molar-refractivity contribution is 6.24. The fourth-order valence-electron chi connectivity index (χ4n) is 7.68. The molecule has 6 rings (SSSR count). The minimum atomic E-state index is -2.07. The standard InChI is InChI=1S/C45H54N2O13/c1-21-12-11-13-22(2)44(55)47-35-30(20-46-28-14-16-29(56-9)17-15-28)39(52)32-33(40(35)53)38(51)26(6)42-34(32)43(54)45(8,60-42)58-19-18-31(57-10)23(3)41(59-27(7)48)25(5)37(50)24(4)36(21)49/h11-21,23-25,31,36-37,41,49-53H,1-10H3,(H,47,55). The Balaban J connectivity index is 1.73. The smallest absolute Gasteiger partial charge is 0.312 e. The summed E-state index contributed by atoms with van der Waals surface area (Å²) >= 11 is 0. The van der Waals surface area contributed by atoms with Crippen LogP contribution < -0.4 is 14.8 Å². The summed E-state index contributed by atoms with van der Waals surface area (Å²) in [4.78, 5) is 45.0. The van der Waals surface area contributed by atoms with Crippen molar-refractivity contribution in [2.75, 3.05) is 19.5 Å². The molecule has 3 aliphatic heterocycles. The highest BCUT2D eigenvalue weighted by atomic mass is 16.7. The van der Waals surface area contributed by atoms with Crippen LogP contribution in [0.25, 0.3) is 10.8 Å². The number of aromatic hydroxyl groups is 3. The van der Waals surface area contributed by atoms with E-state index in [9.17, 15) is 39.9 Å². The molecule has 15 nitrogen and oxygen atoms in total. The van der Waals surface area contributed by atoms with E-state index in [1.165, 1.54) is 66.5 Å². The van der Waals surface area contributed by atoms with Gasteiger partial charge in [0.05, 0.1) is 59.6 Å². The number of nitrogens with zero attached hydrogens (tertiary/aromatic N) is 1. The lowest BCUT2D eigenvalue weighted by atomic mass is 9.78. The summed E-state index contributed by atoms with van der Waals surface area (Å²) in [5.74, 6) is -8.06. The number of ether oxygens (including phenoxy) is 5. The van der Waals surface area contributed by atoms with Crippen LogP contribution in [-0.2, 0) is 23.8 Å². The number of hydrogen-bond donors (Lipinski definition) is 6. The highest BCUT2D eigenvalue weighted by Gasteiger charge is 2.50. The number of nitrogens with one attached hydrogen (secondary N) is 1. The maximum absolute atomic E-state index is 14.4. The maximum atomic E-state index is 14.4. The number of carbonyl (C=O) groups is 3. The summed E-state index contributed by atoms with van der Waals surface area (Å²) in [5, 5.41) is 60.4. The molecule has 15 heteroatoms. The van der Waals surface area contributed by atoms with Crippen molar-refractivity contribution in [1.29, 1.82) is 0 Å². The Morgan fingerprint density at radius 1 is 0.900 bits per heavy atom. The second-order valence-electron chi connectivity index (χ2n) is 15.6. The van der Waals surface area contributed by atoms with Gasteiger partial charge in [0.1, 0.15) is 29.1 Å². The number of carbonyl (C=O) groups excluding carboxylic acids is 3. The van der Waals surface area contributed by atoms with Gasteiger partial charge in [-0.05, 0) is 44.2 Å². The van der Waals surface area contributed by atoms with Crippen molar-refractivity contribution in [3.63, 3.8) is 0 Å².